The van der Waals surface area contributed by atoms with Gasteiger partial charge in [0, 0.05) is 17.6 Å². The molecule has 1 aliphatic rings. The molecule has 1 fully saturated rings. The van der Waals surface area contributed by atoms with Crippen LogP contribution in [-0.4, -0.2) is 36.8 Å². The summed E-state index contributed by atoms with van der Waals surface area (Å²) in [5, 5.41) is 4.27. The van der Waals surface area contributed by atoms with Crippen LogP contribution in [0.3, 0.4) is 0 Å². The van der Waals surface area contributed by atoms with Crippen molar-refractivity contribution in [1.82, 2.24) is 10.9 Å². The highest BCUT2D eigenvalue weighted by molar-refractivity contribution is 8.13. The second-order valence-electron chi connectivity index (χ2n) is 6.75. The minimum atomic E-state index is -0.101. The molecule has 156 valence electrons. The van der Waals surface area contributed by atoms with E-state index < -0.39 is 0 Å². The number of nitrogens with one attached hydrogen (secondary N) is 3. The zero-order chi connectivity index (χ0) is 20.6. The number of ether oxygens (including phenoxy) is 2. The van der Waals surface area contributed by atoms with Gasteiger partial charge in [0.05, 0.1) is 13.2 Å². The Balaban J connectivity index is 1.86. The maximum Gasteiger partial charge on any atom is 0.162 e. The minimum absolute atomic E-state index is 0.101. The molecule has 3 atom stereocenters. The lowest BCUT2D eigenvalue weighted by Gasteiger charge is -2.21. The number of hydrazine groups is 1. The number of anilines is 1. The smallest absolute Gasteiger partial charge is 0.162 e. The Morgan fingerprint density at radius 1 is 1.03 bits per heavy atom. The minimum Gasteiger partial charge on any atom is -0.490 e. The Labute approximate surface area is 177 Å². The van der Waals surface area contributed by atoms with Crippen molar-refractivity contribution in [2.24, 2.45) is 4.99 Å². The summed E-state index contributed by atoms with van der Waals surface area (Å²) in [4.78, 5) is 4.95. The molecular formula is C22H30N4O2S. The molecule has 29 heavy (non-hydrogen) atoms. The lowest BCUT2D eigenvalue weighted by Crippen LogP contribution is -2.32. The van der Waals surface area contributed by atoms with Crippen molar-refractivity contribution in [3.63, 3.8) is 0 Å². The van der Waals surface area contributed by atoms with Gasteiger partial charge in [-0.25, -0.2) is 10.4 Å². The fourth-order valence-corrected chi connectivity index (χ4v) is 3.87. The van der Waals surface area contributed by atoms with Crippen LogP contribution in [0.4, 0.5) is 5.69 Å². The zero-order valence-electron chi connectivity index (χ0n) is 17.4. The topological polar surface area (TPSA) is 66.9 Å². The van der Waals surface area contributed by atoms with Crippen molar-refractivity contribution < 1.29 is 9.47 Å². The third-order valence-corrected chi connectivity index (χ3v) is 5.36. The second-order valence-corrected chi connectivity index (χ2v) is 7.54. The molecule has 2 aromatic carbocycles. The van der Waals surface area contributed by atoms with Crippen molar-refractivity contribution in [1.29, 1.82) is 0 Å². The van der Waals surface area contributed by atoms with Gasteiger partial charge in [0.15, 0.2) is 16.7 Å². The number of thioether (sulfide) groups is 1. The second kappa shape index (κ2) is 10.5. The quantitative estimate of drug-likeness (QED) is 0.466. The van der Waals surface area contributed by atoms with Crippen LogP contribution in [0.5, 0.6) is 11.5 Å². The number of hydrogen-bond donors (Lipinski definition) is 3. The number of nitrogens with zero attached hydrogens (tertiary/aromatic N) is 1. The summed E-state index contributed by atoms with van der Waals surface area (Å²) in [6.07, 6.45) is 1.93. The number of benzene rings is 2. The van der Waals surface area contributed by atoms with E-state index in [0.29, 0.717) is 13.2 Å². The van der Waals surface area contributed by atoms with E-state index in [0.717, 1.165) is 27.9 Å². The maximum absolute atomic E-state index is 5.82. The molecule has 1 aliphatic heterocycles. The summed E-state index contributed by atoms with van der Waals surface area (Å²) in [5.74, 6) is 1.71. The van der Waals surface area contributed by atoms with E-state index >= 15 is 0 Å². The van der Waals surface area contributed by atoms with Crippen LogP contribution in [-0.2, 0) is 0 Å². The number of hydrogen-bond acceptors (Lipinski definition) is 6. The van der Waals surface area contributed by atoms with Gasteiger partial charge in [-0.15, -0.1) is 0 Å². The fourth-order valence-electron chi connectivity index (χ4n) is 3.44. The zero-order valence-corrected chi connectivity index (χ0v) is 18.3. The Morgan fingerprint density at radius 2 is 1.76 bits per heavy atom. The van der Waals surface area contributed by atoms with Crippen molar-refractivity contribution in [3.8, 4) is 11.5 Å². The molecular weight excluding hydrogens is 384 g/mol. The molecule has 0 spiro atoms. The van der Waals surface area contributed by atoms with E-state index in [-0.39, 0.29) is 18.1 Å². The molecule has 7 heteroatoms. The molecule has 3 rings (SSSR count). The lowest BCUT2D eigenvalue weighted by atomic mass is 9.91. The number of aliphatic imine (C=N–C) groups is 1. The molecule has 0 aromatic heterocycles. The van der Waals surface area contributed by atoms with Crippen LogP contribution >= 0.6 is 11.8 Å². The van der Waals surface area contributed by atoms with Crippen molar-refractivity contribution in [3.05, 3.63) is 54.1 Å². The van der Waals surface area contributed by atoms with Gasteiger partial charge in [0.25, 0.3) is 0 Å². The van der Waals surface area contributed by atoms with Crippen LogP contribution in [0, 0.1) is 0 Å². The van der Waals surface area contributed by atoms with Gasteiger partial charge in [-0.1, -0.05) is 36.0 Å². The van der Waals surface area contributed by atoms with Gasteiger partial charge in [-0.3, -0.25) is 5.43 Å². The molecule has 0 amide bonds. The lowest BCUT2D eigenvalue weighted by molar-refractivity contribution is 0.287. The van der Waals surface area contributed by atoms with Gasteiger partial charge in [-0.2, -0.15) is 0 Å². The van der Waals surface area contributed by atoms with Gasteiger partial charge in [-0.05, 0) is 56.9 Å². The van der Waals surface area contributed by atoms with E-state index in [9.17, 15) is 0 Å². The van der Waals surface area contributed by atoms with E-state index in [1.807, 2.05) is 56.5 Å². The standard InChI is InChI=1S/C22H30N4O2S/c1-5-27-18-13-12-16(14-19(18)28-6-2)20-15(3)25-26-21(20)24-22(29-4)23-17-10-8-7-9-11-17/h7-15,20-21,25-26H,5-6H2,1-4H3,(H,23,24). The third kappa shape index (κ3) is 5.44. The first-order valence-corrected chi connectivity index (χ1v) is 11.2. The molecule has 0 aliphatic carbocycles. The van der Waals surface area contributed by atoms with Crippen LogP contribution in [0.1, 0.15) is 32.3 Å². The fraction of sp³-hybridized carbons (Fsp3) is 0.409. The van der Waals surface area contributed by atoms with Gasteiger partial charge < -0.3 is 14.8 Å². The van der Waals surface area contributed by atoms with E-state index in [1.165, 1.54) is 0 Å². The number of para-hydroxylation sites is 1. The first kappa shape index (κ1) is 21.5. The van der Waals surface area contributed by atoms with Crippen molar-refractivity contribution >= 4 is 22.6 Å². The number of rotatable bonds is 7. The first-order chi connectivity index (χ1) is 14.2. The Morgan fingerprint density at radius 3 is 2.45 bits per heavy atom. The Bertz CT molecular complexity index is 816. The molecule has 0 saturated carbocycles. The van der Waals surface area contributed by atoms with E-state index in [1.54, 1.807) is 11.8 Å². The third-order valence-electron chi connectivity index (χ3n) is 4.76. The molecule has 0 radical (unpaired) electrons. The average molecular weight is 415 g/mol. The molecule has 2 aromatic rings. The molecule has 1 saturated heterocycles. The molecule has 3 unspecified atom stereocenters. The molecule has 3 N–H and O–H groups in total. The highest BCUT2D eigenvalue weighted by Gasteiger charge is 2.35. The SMILES string of the molecule is CCOc1ccc(C2C(C)NNC2/N=C(/Nc2ccccc2)SC)cc1OCC. The molecule has 0 bridgehead atoms. The van der Waals surface area contributed by atoms with Gasteiger partial charge in [0.2, 0.25) is 0 Å². The highest BCUT2D eigenvalue weighted by atomic mass is 32.2. The van der Waals surface area contributed by atoms with Crippen LogP contribution < -0.4 is 25.6 Å². The summed E-state index contributed by atoms with van der Waals surface area (Å²) < 4.78 is 11.5. The molecule has 1 heterocycles. The maximum atomic E-state index is 5.82. The molecule has 6 nitrogen and oxygen atoms in total. The normalized spacial score (nSPS) is 21.8. The predicted molar refractivity (Wildman–Crippen MR) is 122 cm³/mol. The summed E-state index contributed by atoms with van der Waals surface area (Å²) in [6.45, 7) is 7.33. The summed E-state index contributed by atoms with van der Waals surface area (Å²) in [7, 11) is 0. The van der Waals surface area contributed by atoms with Gasteiger partial charge >= 0.3 is 0 Å². The first-order valence-electron chi connectivity index (χ1n) is 10.0. The summed E-state index contributed by atoms with van der Waals surface area (Å²) in [5.41, 5.74) is 8.86. The van der Waals surface area contributed by atoms with Crippen molar-refractivity contribution in [2.45, 2.75) is 38.9 Å². The van der Waals surface area contributed by atoms with E-state index in [4.69, 9.17) is 14.5 Å². The average Bonchev–Trinajstić information content (AvgIpc) is 3.10. The van der Waals surface area contributed by atoms with Gasteiger partial charge in [0.1, 0.15) is 6.17 Å². The van der Waals surface area contributed by atoms with E-state index in [2.05, 4.69) is 35.2 Å². The largest absolute Gasteiger partial charge is 0.490 e. The summed E-state index contributed by atoms with van der Waals surface area (Å²) >= 11 is 1.60. The Hall–Kier alpha value is -2.22. The Kier molecular flexibility index (Phi) is 7.80. The monoisotopic (exact) mass is 414 g/mol. The summed E-state index contributed by atoms with van der Waals surface area (Å²) in [6, 6.07) is 16.5. The highest BCUT2D eigenvalue weighted by Crippen LogP contribution is 2.35. The predicted octanol–water partition coefficient (Wildman–Crippen LogP) is 4.22. The van der Waals surface area contributed by atoms with Crippen molar-refractivity contribution in [2.75, 3.05) is 24.8 Å². The van der Waals surface area contributed by atoms with Crippen LogP contribution in [0.25, 0.3) is 0 Å². The number of amidine groups is 1. The van der Waals surface area contributed by atoms with Crippen LogP contribution in [0.2, 0.25) is 0 Å². The van der Waals surface area contributed by atoms with Crippen LogP contribution in [0.15, 0.2) is 53.5 Å².